The number of rotatable bonds is 6. The normalized spacial score (nSPS) is 10.3. The zero-order valence-electron chi connectivity index (χ0n) is 8.70. The summed E-state index contributed by atoms with van der Waals surface area (Å²) in [6.45, 7) is -0.226. The molecule has 0 aliphatic rings. The van der Waals surface area contributed by atoms with Crippen LogP contribution >= 0.6 is 0 Å². The largest absolute Gasteiger partial charge is 0.508 e. The second-order valence-corrected chi connectivity index (χ2v) is 3.13. The van der Waals surface area contributed by atoms with Crippen molar-refractivity contribution in [2.45, 2.75) is 12.8 Å². The molecule has 4 heteroatoms. The number of ether oxygens (including phenoxy) is 2. The van der Waals surface area contributed by atoms with Crippen LogP contribution in [0.3, 0.4) is 0 Å². The van der Waals surface area contributed by atoms with Gasteiger partial charge in [-0.15, -0.1) is 0 Å². The molecule has 0 atom stereocenters. The van der Waals surface area contributed by atoms with Gasteiger partial charge in [0.15, 0.2) is 6.79 Å². The molecule has 0 radical (unpaired) electrons. The van der Waals surface area contributed by atoms with Gasteiger partial charge >= 0.3 is 0 Å². The summed E-state index contributed by atoms with van der Waals surface area (Å²) < 4.78 is 21.9. The highest BCUT2D eigenvalue weighted by molar-refractivity contribution is 5.39. The summed E-state index contributed by atoms with van der Waals surface area (Å²) in [5, 5.41) is 9.48. The lowest BCUT2D eigenvalue weighted by molar-refractivity contribution is 0.0510. The highest BCUT2D eigenvalue weighted by Crippen LogP contribution is 2.24. The standard InChI is InChI=1S/C11H15FO3/c1-14-8-15-10-4-5-11(13)9(7-10)3-2-6-12/h4-5,7,13H,2-3,6,8H2,1H3. The van der Waals surface area contributed by atoms with Gasteiger partial charge in [-0.05, 0) is 36.6 Å². The molecule has 15 heavy (non-hydrogen) atoms. The third-order valence-corrected chi connectivity index (χ3v) is 1.97. The minimum absolute atomic E-state index is 0.160. The van der Waals surface area contributed by atoms with Crippen LogP contribution in [0.15, 0.2) is 18.2 Å². The van der Waals surface area contributed by atoms with Crippen LogP contribution in [0.2, 0.25) is 0 Å². The van der Waals surface area contributed by atoms with Crippen LogP contribution in [0.25, 0.3) is 0 Å². The van der Waals surface area contributed by atoms with E-state index in [9.17, 15) is 9.50 Å². The molecule has 0 aliphatic heterocycles. The van der Waals surface area contributed by atoms with Crippen molar-refractivity contribution in [1.29, 1.82) is 0 Å². The molecule has 0 amide bonds. The van der Waals surface area contributed by atoms with Crippen LogP contribution in [0, 0.1) is 0 Å². The fraction of sp³-hybridized carbons (Fsp3) is 0.455. The number of halogens is 1. The van der Waals surface area contributed by atoms with E-state index in [1.165, 1.54) is 7.11 Å². The maximum atomic E-state index is 12.0. The molecule has 0 saturated heterocycles. The molecule has 0 fully saturated rings. The number of aromatic hydroxyl groups is 1. The highest BCUT2D eigenvalue weighted by atomic mass is 19.1. The van der Waals surface area contributed by atoms with Crippen LogP contribution in [0.1, 0.15) is 12.0 Å². The fourth-order valence-corrected chi connectivity index (χ4v) is 1.24. The van der Waals surface area contributed by atoms with Gasteiger partial charge in [0.05, 0.1) is 6.67 Å². The minimum Gasteiger partial charge on any atom is -0.508 e. The van der Waals surface area contributed by atoms with Crippen LogP contribution in [0.5, 0.6) is 11.5 Å². The summed E-state index contributed by atoms with van der Waals surface area (Å²) in [5.74, 6) is 0.789. The number of alkyl halides is 1. The number of aryl methyl sites for hydroxylation is 1. The summed E-state index contributed by atoms with van der Waals surface area (Å²) in [4.78, 5) is 0. The van der Waals surface area contributed by atoms with E-state index < -0.39 is 0 Å². The lowest BCUT2D eigenvalue weighted by Gasteiger charge is -2.08. The van der Waals surface area contributed by atoms with Crippen LogP contribution < -0.4 is 4.74 Å². The molecule has 0 saturated carbocycles. The molecule has 1 aromatic carbocycles. The maximum Gasteiger partial charge on any atom is 0.188 e. The van der Waals surface area contributed by atoms with Crippen molar-refractivity contribution < 1.29 is 19.0 Å². The molecule has 0 spiro atoms. The first-order chi connectivity index (χ1) is 7.27. The SMILES string of the molecule is COCOc1ccc(O)c(CCCF)c1. The van der Waals surface area contributed by atoms with Crippen molar-refractivity contribution in [3.05, 3.63) is 23.8 Å². The summed E-state index contributed by atoms with van der Waals surface area (Å²) in [6, 6.07) is 4.88. The smallest absolute Gasteiger partial charge is 0.188 e. The average molecular weight is 214 g/mol. The zero-order valence-corrected chi connectivity index (χ0v) is 8.70. The third-order valence-electron chi connectivity index (χ3n) is 1.97. The lowest BCUT2D eigenvalue weighted by Crippen LogP contribution is -1.99. The summed E-state index contributed by atoms with van der Waals surface area (Å²) in [5.41, 5.74) is 0.696. The van der Waals surface area contributed by atoms with E-state index >= 15 is 0 Å². The van der Waals surface area contributed by atoms with E-state index in [-0.39, 0.29) is 19.2 Å². The van der Waals surface area contributed by atoms with E-state index in [2.05, 4.69) is 0 Å². The van der Waals surface area contributed by atoms with E-state index in [4.69, 9.17) is 9.47 Å². The van der Waals surface area contributed by atoms with Crippen LogP contribution in [0.4, 0.5) is 4.39 Å². The van der Waals surface area contributed by atoms with Crippen molar-refractivity contribution in [3.63, 3.8) is 0 Å². The Hall–Kier alpha value is -1.29. The van der Waals surface area contributed by atoms with Gasteiger partial charge in [0.2, 0.25) is 0 Å². The van der Waals surface area contributed by atoms with Crippen LogP contribution in [-0.2, 0) is 11.2 Å². The number of phenols is 1. The predicted molar refractivity (Wildman–Crippen MR) is 54.9 cm³/mol. The van der Waals surface area contributed by atoms with Gasteiger partial charge in [0, 0.05) is 7.11 Å². The Kier molecular flexibility index (Phi) is 4.90. The third kappa shape index (κ3) is 3.75. The molecule has 0 heterocycles. The Morgan fingerprint density at radius 3 is 2.87 bits per heavy atom. The lowest BCUT2D eigenvalue weighted by atomic mass is 10.1. The van der Waals surface area contributed by atoms with Gasteiger partial charge < -0.3 is 14.6 Å². The molecule has 0 unspecified atom stereocenters. The molecule has 3 nitrogen and oxygen atoms in total. The van der Waals surface area contributed by atoms with Gasteiger partial charge in [0.25, 0.3) is 0 Å². The monoisotopic (exact) mass is 214 g/mol. The quantitative estimate of drug-likeness (QED) is 0.738. The number of hydrogen-bond acceptors (Lipinski definition) is 3. The van der Waals surface area contributed by atoms with Crippen molar-refractivity contribution in [2.24, 2.45) is 0 Å². The summed E-state index contributed by atoms with van der Waals surface area (Å²) in [7, 11) is 1.53. The van der Waals surface area contributed by atoms with Gasteiger partial charge in [-0.3, -0.25) is 4.39 Å². The van der Waals surface area contributed by atoms with Crippen molar-refractivity contribution >= 4 is 0 Å². The van der Waals surface area contributed by atoms with Crippen molar-refractivity contribution in [2.75, 3.05) is 20.6 Å². The Balaban J connectivity index is 2.66. The second-order valence-electron chi connectivity index (χ2n) is 3.13. The van der Waals surface area contributed by atoms with Crippen molar-refractivity contribution in [3.8, 4) is 11.5 Å². The zero-order chi connectivity index (χ0) is 11.1. The first-order valence-corrected chi connectivity index (χ1v) is 4.77. The van der Waals surface area contributed by atoms with E-state index in [1.54, 1.807) is 18.2 Å². The van der Waals surface area contributed by atoms with Gasteiger partial charge in [-0.1, -0.05) is 0 Å². The average Bonchev–Trinajstić information content (AvgIpc) is 2.26. The molecular formula is C11H15FO3. The molecule has 0 aromatic heterocycles. The number of benzene rings is 1. The predicted octanol–water partition coefficient (Wildman–Crippen LogP) is 2.28. The molecule has 1 rings (SSSR count). The Bertz CT molecular complexity index is 302. The summed E-state index contributed by atoms with van der Waals surface area (Å²) in [6.07, 6.45) is 0.911. The molecule has 1 N–H and O–H groups in total. The topological polar surface area (TPSA) is 38.7 Å². The van der Waals surface area contributed by atoms with Crippen LogP contribution in [-0.4, -0.2) is 25.7 Å². The molecule has 0 bridgehead atoms. The minimum atomic E-state index is -0.386. The molecule has 84 valence electrons. The Morgan fingerprint density at radius 2 is 2.20 bits per heavy atom. The first-order valence-electron chi connectivity index (χ1n) is 4.77. The summed E-state index contributed by atoms with van der Waals surface area (Å²) >= 11 is 0. The van der Waals surface area contributed by atoms with Gasteiger partial charge in [0.1, 0.15) is 11.5 Å². The molecular weight excluding hydrogens is 199 g/mol. The van der Waals surface area contributed by atoms with Crippen molar-refractivity contribution in [1.82, 2.24) is 0 Å². The highest BCUT2D eigenvalue weighted by Gasteiger charge is 2.03. The van der Waals surface area contributed by atoms with E-state index in [1.807, 2.05) is 0 Å². The Labute approximate surface area is 88.4 Å². The second kappa shape index (κ2) is 6.24. The Morgan fingerprint density at radius 1 is 1.40 bits per heavy atom. The van der Waals surface area contributed by atoms with Gasteiger partial charge in [-0.2, -0.15) is 0 Å². The molecule has 1 aromatic rings. The first kappa shape index (κ1) is 11.8. The molecule has 0 aliphatic carbocycles. The number of methoxy groups -OCH3 is 1. The van der Waals surface area contributed by atoms with E-state index in [0.29, 0.717) is 24.2 Å². The fourth-order valence-electron chi connectivity index (χ4n) is 1.24. The van der Waals surface area contributed by atoms with E-state index in [0.717, 1.165) is 0 Å². The maximum absolute atomic E-state index is 12.0. The van der Waals surface area contributed by atoms with Gasteiger partial charge in [-0.25, -0.2) is 0 Å². The number of phenolic OH excluding ortho intramolecular Hbond substituents is 1. The number of hydrogen-bond donors (Lipinski definition) is 1.